The van der Waals surface area contributed by atoms with Crippen molar-refractivity contribution in [2.24, 2.45) is 0 Å². The molecule has 1 rings (SSSR count). The Hall–Kier alpha value is -1.42. The van der Waals surface area contributed by atoms with Crippen LogP contribution in [0.4, 0.5) is 10.5 Å². The summed E-state index contributed by atoms with van der Waals surface area (Å²) in [7, 11) is 0. The monoisotopic (exact) mass is 200 g/mol. The summed E-state index contributed by atoms with van der Waals surface area (Å²) in [4.78, 5) is 10.2. The highest BCUT2D eigenvalue weighted by Crippen LogP contribution is 2.21. The first-order chi connectivity index (χ1) is 6.11. The predicted octanol–water partition coefficient (Wildman–Crippen LogP) is 1.69. The van der Waals surface area contributed by atoms with Crippen LogP contribution in [0, 0.1) is 0 Å². The molecule has 5 heteroatoms. The Morgan fingerprint density at radius 1 is 1.62 bits per heavy atom. The minimum atomic E-state index is -1.08. The highest BCUT2D eigenvalue weighted by molar-refractivity contribution is 6.33. The number of hydrogen-bond donors (Lipinski definition) is 3. The predicted molar refractivity (Wildman–Crippen MR) is 50.7 cm³/mol. The lowest BCUT2D eigenvalue weighted by atomic mass is 10.2. The van der Waals surface area contributed by atoms with Crippen LogP contribution in [0.5, 0.6) is 0 Å². The second-order valence-corrected chi connectivity index (χ2v) is 2.88. The van der Waals surface area contributed by atoms with Crippen LogP contribution in [0.2, 0.25) is 5.02 Å². The van der Waals surface area contributed by atoms with E-state index in [2.05, 4.69) is 5.32 Å². The second kappa shape index (κ2) is 4.00. The topological polar surface area (TPSA) is 75.3 Å². The van der Waals surface area contributed by atoms with E-state index in [9.17, 15) is 4.79 Å². The Morgan fingerprint density at radius 2 is 2.31 bits per heavy atom. The number of carbonyl (C=O) groups is 1. The van der Waals surface area contributed by atoms with Gasteiger partial charge in [0.15, 0.2) is 0 Å². The molecule has 0 saturated carbocycles. The van der Waals surface area contributed by atoms with Gasteiger partial charge in [0.25, 0.3) is 0 Å². The molecule has 4 nitrogen and oxygen atoms in total. The zero-order valence-electron chi connectivity index (χ0n) is 6.75. The molecule has 70 valence electrons. The Bertz CT molecular complexity index is 328. The largest absolute Gasteiger partial charge is 0.465 e. The van der Waals surface area contributed by atoms with Crippen molar-refractivity contribution in [3.63, 3.8) is 0 Å². The summed E-state index contributed by atoms with van der Waals surface area (Å²) >= 11 is 5.73. The molecule has 0 bridgehead atoms. The fourth-order valence-corrected chi connectivity index (χ4v) is 1.10. The maximum Gasteiger partial charge on any atom is 0.404 e. The van der Waals surface area contributed by atoms with Gasteiger partial charge in [0, 0.05) is 6.54 Å². The van der Waals surface area contributed by atoms with E-state index < -0.39 is 6.09 Å². The van der Waals surface area contributed by atoms with E-state index in [1.54, 1.807) is 18.2 Å². The van der Waals surface area contributed by atoms with Gasteiger partial charge in [-0.1, -0.05) is 23.7 Å². The molecule has 0 aromatic heterocycles. The van der Waals surface area contributed by atoms with Crippen LogP contribution in [0.1, 0.15) is 5.56 Å². The van der Waals surface area contributed by atoms with E-state index in [1.807, 2.05) is 0 Å². The standard InChI is InChI=1S/C8H9ClN2O2/c9-6-3-1-2-5(7(6)10)4-11-8(12)13/h1-3,11H,4,10H2,(H,12,13). The molecule has 0 unspecified atom stereocenters. The van der Waals surface area contributed by atoms with E-state index in [-0.39, 0.29) is 6.54 Å². The van der Waals surface area contributed by atoms with Gasteiger partial charge in [-0.3, -0.25) is 0 Å². The number of halogens is 1. The van der Waals surface area contributed by atoms with Crippen molar-refractivity contribution in [3.8, 4) is 0 Å². The van der Waals surface area contributed by atoms with Crippen LogP contribution in [0.25, 0.3) is 0 Å². The molecule has 0 heterocycles. The molecule has 1 amide bonds. The quantitative estimate of drug-likeness (QED) is 0.636. The molecule has 0 aliphatic carbocycles. The first-order valence-corrected chi connectivity index (χ1v) is 3.98. The molecule has 0 fully saturated rings. The van der Waals surface area contributed by atoms with Gasteiger partial charge in [0.1, 0.15) is 0 Å². The summed E-state index contributed by atoms with van der Waals surface area (Å²) in [6.07, 6.45) is -1.08. The van der Waals surface area contributed by atoms with Gasteiger partial charge in [-0.2, -0.15) is 0 Å². The third-order valence-electron chi connectivity index (χ3n) is 1.57. The van der Waals surface area contributed by atoms with Crippen LogP contribution >= 0.6 is 11.6 Å². The summed E-state index contributed by atoms with van der Waals surface area (Å²) in [5.41, 5.74) is 6.69. The van der Waals surface area contributed by atoms with E-state index >= 15 is 0 Å². The summed E-state index contributed by atoms with van der Waals surface area (Å²) in [6, 6.07) is 5.09. The minimum absolute atomic E-state index is 0.168. The van der Waals surface area contributed by atoms with Crippen LogP contribution < -0.4 is 11.1 Å². The van der Waals surface area contributed by atoms with Crippen molar-refractivity contribution in [1.82, 2.24) is 5.32 Å². The number of para-hydroxylation sites is 1. The highest BCUT2D eigenvalue weighted by atomic mass is 35.5. The molecule has 1 aromatic carbocycles. The summed E-state index contributed by atoms with van der Waals surface area (Å²) < 4.78 is 0. The Labute approximate surface area is 80.3 Å². The van der Waals surface area contributed by atoms with Crippen LogP contribution in [-0.4, -0.2) is 11.2 Å². The molecule has 0 radical (unpaired) electrons. The molecule has 0 atom stereocenters. The van der Waals surface area contributed by atoms with Crippen molar-refractivity contribution in [2.45, 2.75) is 6.54 Å². The third kappa shape index (κ3) is 2.52. The number of amides is 1. The molecular formula is C8H9ClN2O2. The highest BCUT2D eigenvalue weighted by Gasteiger charge is 2.03. The Morgan fingerprint density at radius 3 is 2.92 bits per heavy atom. The second-order valence-electron chi connectivity index (χ2n) is 2.47. The van der Waals surface area contributed by atoms with Gasteiger partial charge in [0.2, 0.25) is 0 Å². The maximum absolute atomic E-state index is 10.2. The van der Waals surface area contributed by atoms with Crippen LogP contribution in [0.15, 0.2) is 18.2 Å². The third-order valence-corrected chi connectivity index (χ3v) is 1.90. The molecule has 1 aromatic rings. The lowest BCUT2D eigenvalue weighted by Crippen LogP contribution is -2.20. The van der Waals surface area contributed by atoms with E-state index in [0.29, 0.717) is 16.3 Å². The SMILES string of the molecule is Nc1c(Cl)cccc1CNC(=O)O. The average molecular weight is 201 g/mol. The Kier molecular flexibility index (Phi) is 2.97. The van der Waals surface area contributed by atoms with E-state index in [0.717, 1.165) is 0 Å². The lowest BCUT2D eigenvalue weighted by Gasteiger charge is -2.06. The fraction of sp³-hybridized carbons (Fsp3) is 0.125. The number of nitrogens with one attached hydrogen (secondary N) is 1. The van der Waals surface area contributed by atoms with Gasteiger partial charge in [-0.15, -0.1) is 0 Å². The van der Waals surface area contributed by atoms with Crippen molar-refractivity contribution in [1.29, 1.82) is 0 Å². The molecule has 13 heavy (non-hydrogen) atoms. The molecule has 0 aliphatic rings. The number of nitrogens with two attached hydrogens (primary N) is 1. The molecule has 4 N–H and O–H groups in total. The molecular weight excluding hydrogens is 192 g/mol. The number of hydrogen-bond acceptors (Lipinski definition) is 2. The average Bonchev–Trinajstić information content (AvgIpc) is 2.07. The van der Waals surface area contributed by atoms with Crippen molar-refractivity contribution in [3.05, 3.63) is 28.8 Å². The first kappa shape index (κ1) is 9.67. The van der Waals surface area contributed by atoms with Crippen molar-refractivity contribution < 1.29 is 9.90 Å². The summed E-state index contributed by atoms with van der Waals surface area (Å²) in [6.45, 7) is 0.168. The fourth-order valence-electron chi connectivity index (χ4n) is 0.907. The first-order valence-electron chi connectivity index (χ1n) is 3.61. The Balaban J connectivity index is 2.77. The smallest absolute Gasteiger partial charge is 0.404 e. The maximum atomic E-state index is 10.2. The molecule has 0 saturated heterocycles. The number of nitrogen functional groups attached to an aromatic ring is 1. The zero-order valence-corrected chi connectivity index (χ0v) is 7.51. The van der Waals surface area contributed by atoms with Gasteiger partial charge in [-0.05, 0) is 11.6 Å². The number of anilines is 1. The van der Waals surface area contributed by atoms with E-state index in [1.165, 1.54) is 0 Å². The van der Waals surface area contributed by atoms with Crippen LogP contribution in [0.3, 0.4) is 0 Å². The van der Waals surface area contributed by atoms with Crippen molar-refractivity contribution in [2.75, 3.05) is 5.73 Å². The summed E-state index contributed by atoms with van der Waals surface area (Å²) in [5, 5.41) is 11.0. The van der Waals surface area contributed by atoms with Gasteiger partial charge in [-0.25, -0.2) is 4.79 Å². The van der Waals surface area contributed by atoms with Crippen molar-refractivity contribution >= 4 is 23.4 Å². The van der Waals surface area contributed by atoms with Gasteiger partial charge in [0.05, 0.1) is 10.7 Å². The number of carboxylic acid groups (broad SMARTS) is 1. The van der Waals surface area contributed by atoms with Gasteiger partial charge < -0.3 is 16.2 Å². The lowest BCUT2D eigenvalue weighted by molar-refractivity contribution is 0.194. The number of rotatable bonds is 2. The van der Waals surface area contributed by atoms with E-state index in [4.69, 9.17) is 22.4 Å². The summed E-state index contributed by atoms with van der Waals surface area (Å²) in [5.74, 6) is 0. The van der Waals surface area contributed by atoms with Crippen LogP contribution in [-0.2, 0) is 6.54 Å². The molecule has 0 aliphatic heterocycles. The van der Waals surface area contributed by atoms with Gasteiger partial charge >= 0.3 is 6.09 Å². The molecule has 0 spiro atoms. The number of benzene rings is 1. The minimum Gasteiger partial charge on any atom is -0.465 e. The normalized spacial score (nSPS) is 9.62. The zero-order chi connectivity index (χ0) is 9.84.